The minimum Gasteiger partial charge on any atom is -0.493 e. The molecule has 62 heavy (non-hydrogen) atoms. The number of nitrogens with one attached hydrogen (secondary N) is 1. The summed E-state index contributed by atoms with van der Waals surface area (Å²) in [5.41, 5.74) is 7.42. The molecule has 1 saturated heterocycles. The van der Waals surface area contributed by atoms with Gasteiger partial charge in [-0.1, -0.05) is 72.8 Å². The minimum absolute atomic E-state index is 0.112. The van der Waals surface area contributed by atoms with Gasteiger partial charge in [0.2, 0.25) is 0 Å². The van der Waals surface area contributed by atoms with Crippen LogP contribution in [0.2, 0.25) is 0 Å². The Morgan fingerprint density at radius 2 is 1.29 bits per heavy atom. The second kappa shape index (κ2) is 24.7. The van der Waals surface area contributed by atoms with Crippen molar-refractivity contribution < 1.29 is 52.8 Å². The fraction of sp³-hybridized carbons (Fsp3) is 0.489. The second-order valence-electron chi connectivity index (χ2n) is 14.3. The standard InChI is InChI=1S/C45H60N6O11/c1-54-36-17-9-16-35(41(36)55-2)45(33-12-5-3-6-13-33,34-14-7-4-8-15-34)61-30-37-39(52)40(53)44(62-37)51-32-50-38-42(48-31-49-43(38)51)47-19-11-21-57-23-25-59-27-29-60-28-26-58-24-22-56-20-10-18-46/h3-9,12-17,31-32,37,39-40,44,52-53H,10-11,18-30,46H2,1-2H3,(H,47,48,49)/t37-,39-,40-,44-/m1/s1. The lowest BCUT2D eigenvalue weighted by Crippen LogP contribution is -2.39. The summed E-state index contributed by atoms with van der Waals surface area (Å²) in [6.07, 6.45) is -0.0785. The smallest absolute Gasteiger partial charge is 0.167 e. The zero-order chi connectivity index (χ0) is 43.4. The zero-order valence-corrected chi connectivity index (χ0v) is 35.5. The molecule has 3 aromatic carbocycles. The van der Waals surface area contributed by atoms with Crippen LogP contribution in [0.1, 0.15) is 35.8 Å². The van der Waals surface area contributed by atoms with E-state index in [0.717, 1.165) is 17.5 Å². The van der Waals surface area contributed by atoms with Crippen LogP contribution in [0.25, 0.3) is 11.2 Å². The van der Waals surface area contributed by atoms with E-state index in [1.807, 2.05) is 78.9 Å². The van der Waals surface area contributed by atoms with Crippen molar-refractivity contribution >= 4 is 17.0 Å². The van der Waals surface area contributed by atoms with E-state index >= 15 is 0 Å². The highest BCUT2D eigenvalue weighted by Gasteiger charge is 2.47. The molecule has 17 heteroatoms. The Labute approximate surface area is 362 Å². The van der Waals surface area contributed by atoms with Gasteiger partial charge in [0.15, 0.2) is 34.7 Å². The lowest BCUT2D eigenvalue weighted by molar-refractivity contribution is -0.0946. The summed E-state index contributed by atoms with van der Waals surface area (Å²) in [5, 5.41) is 26.2. The predicted octanol–water partition coefficient (Wildman–Crippen LogP) is 3.71. The number of hydrogen-bond donors (Lipinski definition) is 4. The number of imidazole rings is 1. The van der Waals surface area contributed by atoms with Crippen molar-refractivity contribution in [1.82, 2.24) is 19.5 Å². The van der Waals surface area contributed by atoms with Crippen LogP contribution in [0.3, 0.4) is 0 Å². The average Bonchev–Trinajstić information content (AvgIpc) is 3.87. The van der Waals surface area contributed by atoms with E-state index < -0.39 is 30.1 Å². The number of methoxy groups -OCH3 is 2. The molecule has 6 rings (SSSR count). The summed E-state index contributed by atoms with van der Waals surface area (Å²) in [5.74, 6) is 1.55. The monoisotopic (exact) mass is 860 g/mol. The van der Waals surface area contributed by atoms with Crippen LogP contribution in [0.15, 0.2) is 91.5 Å². The van der Waals surface area contributed by atoms with Crippen molar-refractivity contribution in [3.8, 4) is 11.5 Å². The molecule has 3 heterocycles. The number of ether oxygens (including phenoxy) is 9. The van der Waals surface area contributed by atoms with Crippen molar-refractivity contribution in [2.45, 2.75) is 43.0 Å². The molecule has 0 radical (unpaired) electrons. The maximum Gasteiger partial charge on any atom is 0.167 e. The summed E-state index contributed by atoms with van der Waals surface area (Å²) < 4.78 is 54.3. The van der Waals surface area contributed by atoms with Crippen LogP contribution in [0.4, 0.5) is 5.82 Å². The number of para-hydroxylation sites is 1. The Hall–Kier alpha value is -4.79. The zero-order valence-electron chi connectivity index (χ0n) is 35.5. The number of nitrogens with two attached hydrogens (primary N) is 1. The first-order chi connectivity index (χ1) is 30.5. The van der Waals surface area contributed by atoms with Crippen LogP contribution in [0.5, 0.6) is 11.5 Å². The summed E-state index contributed by atoms with van der Waals surface area (Å²) >= 11 is 0. The average molecular weight is 861 g/mol. The molecule has 5 N–H and O–H groups in total. The fourth-order valence-electron chi connectivity index (χ4n) is 7.25. The SMILES string of the molecule is COc1cccc(C(OC[C@H]2O[C@@H](n3cnc4c(NCCCOCCOCCOCCOCCOCCCN)ncnc43)[C@H](O)[C@@H]2O)(c2ccccc2)c2ccccc2)c1OC. The van der Waals surface area contributed by atoms with Crippen molar-refractivity contribution in [2.75, 3.05) is 105 Å². The molecule has 1 fully saturated rings. The highest BCUT2D eigenvalue weighted by atomic mass is 16.6. The summed E-state index contributed by atoms with van der Waals surface area (Å²) in [4.78, 5) is 13.4. The van der Waals surface area contributed by atoms with Gasteiger partial charge in [-0.3, -0.25) is 4.57 Å². The number of benzene rings is 3. The Morgan fingerprint density at radius 1 is 0.694 bits per heavy atom. The van der Waals surface area contributed by atoms with Crippen molar-refractivity contribution in [3.05, 3.63) is 108 Å². The Kier molecular flexibility index (Phi) is 18.6. The molecule has 17 nitrogen and oxygen atoms in total. The van der Waals surface area contributed by atoms with E-state index in [1.54, 1.807) is 18.8 Å². The molecule has 5 aromatic rings. The van der Waals surface area contributed by atoms with Gasteiger partial charge in [-0.25, -0.2) is 15.0 Å². The van der Waals surface area contributed by atoms with E-state index in [1.165, 1.54) is 12.7 Å². The molecular formula is C45H60N6O11. The molecular weight excluding hydrogens is 801 g/mol. The normalized spacial score (nSPS) is 17.8. The number of hydrogen-bond acceptors (Lipinski definition) is 16. The Morgan fingerprint density at radius 3 is 1.87 bits per heavy atom. The van der Waals surface area contributed by atoms with Crippen LogP contribution in [0, 0.1) is 0 Å². The lowest BCUT2D eigenvalue weighted by atomic mass is 9.79. The molecule has 0 amide bonds. The lowest BCUT2D eigenvalue weighted by Gasteiger charge is -2.37. The van der Waals surface area contributed by atoms with E-state index in [-0.39, 0.29) is 6.61 Å². The van der Waals surface area contributed by atoms with Gasteiger partial charge in [0.25, 0.3) is 0 Å². The molecule has 0 unspecified atom stereocenters. The molecule has 336 valence electrons. The number of aliphatic hydroxyl groups is 2. The van der Waals surface area contributed by atoms with Crippen LogP contribution in [-0.4, -0.2) is 148 Å². The highest BCUT2D eigenvalue weighted by molar-refractivity contribution is 5.82. The Balaban J connectivity index is 1.00. The number of nitrogens with zero attached hydrogens (tertiary/aromatic N) is 4. The van der Waals surface area contributed by atoms with Crippen molar-refractivity contribution in [3.63, 3.8) is 0 Å². The van der Waals surface area contributed by atoms with Gasteiger partial charge in [-0.15, -0.1) is 0 Å². The van der Waals surface area contributed by atoms with Gasteiger partial charge < -0.3 is 63.9 Å². The third-order valence-corrected chi connectivity index (χ3v) is 10.3. The van der Waals surface area contributed by atoms with Gasteiger partial charge in [0.05, 0.1) is 80.0 Å². The first-order valence-corrected chi connectivity index (χ1v) is 21.0. The topological polar surface area (TPSA) is 205 Å². The van der Waals surface area contributed by atoms with Crippen LogP contribution in [-0.2, 0) is 38.8 Å². The highest BCUT2D eigenvalue weighted by Crippen LogP contribution is 2.48. The van der Waals surface area contributed by atoms with Crippen molar-refractivity contribution in [1.29, 1.82) is 0 Å². The third-order valence-electron chi connectivity index (χ3n) is 10.3. The first-order valence-electron chi connectivity index (χ1n) is 21.0. The number of aliphatic hydroxyl groups excluding tert-OH is 2. The molecule has 0 aliphatic carbocycles. The fourth-order valence-corrected chi connectivity index (χ4v) is 7.25. The second-order valence-corrected chi connectivity index (χ2v) is 14.3. The maximum absolute atomic E-state index is 11.5. The quantitative estimate of drug-likeness (QED) is 0.0400. The maximum atomic E-state index is 11.5. The van der Waals surface area contributed by atoms with Crippen LogP contribution < -0.4 is 20.5 Å². The molecule has 0 spiro atoms. The summed E-state index contributed by atoms with van der Waals surface area (Å²) in [6, 6.07) is 25.2. The van der Waals surface area contributed by atoms with Gasteiger partial charge in [-0.2, -0.15) is 0 Å². The van der Waals surface area contributed by atoms with Gasteiger partial charge in [0, 0.05) is 25.3 Å². The van der Waals surface area contributed by atoms with Crippen LogP contribution >= 0.6 is 0 Å². The van der Waals surface area contributed by atoms with E-state index in [2.05, 4.69) is 20.3 Å². The van der Waals surface area contributed by atoms with Gasteiger partial charge in [0.1, 0.15) is 30.2 Å². The minimum atomic E-state index is -1.32. The van der Waals surface area contributed by atoms with E-state index in [9.17, 15) is 10.2 Å². The largest absolute Gasteiger partial charge is 0.493 e. The molecule has 1 aliphatic heterocycles. The predicted molar refractivity (Wildman–Crippen MR) is 230 cm³/mol. The van der Waals surface area contributed by atoms with Crippen molar-refractivity contribution in [2.24, 2.45) is 5.73 Å². The Bertz CT molecular complexity index is 1990. The molecule has 1 aliphatic rings. The molecule has 0 bridgehead atoms. The number of rotatable bonds is 29. The number of fused-ring (bicyclic) bond motifs is 1. The van der Waals surface area contributed by atoms with Gasteiger partial charge in [-0.05, 0) is 36.6 Å². The third kappa shape index (κ3) is 11.8. The molecule has 2 aromatic heterocycles. The molecule has 0 saturated carbocycles. The molecule has 4 atom stereocenters. The summed E-state index contributed by atoms with van der Waals surface area (Å²) in [7, 11) is 3.17. The van der Waals surface area contributed by atoms with E-state index in [0.29, 0.717) is 120 Å². The number of anilines is 1. The van der Waals surface area contributed by atoms with Gasteiger partial charge >= 0.3 is 0 Å². The first kappa shape index (κ1) is 46.7. The number of aromatic nitrogens is 4. The summed E-state index contributed by atoms with van der Waals surface area (Å²) in [6.45, 7) is 6.24. The van der Waals surface area contributed by atoms with E-state index in [4.69, 9.17) is 48.4 Å².